The molecule has 0 unspecified atom stereocenters. The van der Waals surface area contributed by atoms with Gasteiger partial charge in [0.25, 0.3) is 0 Å². The lowest BCUT2D eigenvalue weighted by Gasteiger charge is -2.26. The van der Waals surface area contributed by atoms with Gasteiger partial charge in [0.2, 0.25) is 0 Å². The van der Waals surface area contributed by atoms with E-state index in [1.54, 1.807) is 7.11 Å². The van der Waals surface area contributed by atoms with Gasteiger partial charge in [-0.15, -0.1) is 0 Å². The van der Waals surface area contributed by atoms with Gasteiger partial charge in [-0.3, -0.25) is 4.90 Å². The highest BCUT2D eigenvalue weighted by Gasteiger charge is 2.08. The van der Waals surface area contributed by atoms with Crippen LogP contribution >= 0.6 is 0 Å². The summed E-state index contributed by atoms with van der Waals surface area (Å²) in [7, 11) is 1.75. The fourth-order valence-corrected chi connectivity index (χ4v) is 1.94. The number of anilines is 1. The van der Waals surface area contributed by atoms with Crippen LogP contribution in [-0.4, -0.2) is 44.3 Å². The Bertz CT molecular complexity index is 339. The van der Waals surface area contributed by atoms with Crippen LogP contribution in [0.3, 0.4) is 0 Å². The van der Waals surface area contributed by atoms with E-state index in [-0.39, 0.29) is 0 Å². The molecule has 3 heteroatoms. The van der Waals surface area contributed by atoms with E-state index in [2.05, 4.69) is 55.3 Å². The highest BCUT2D eigenvalue weighted by Crippen LogP contribution is 2.12. The highest BCUT2D eigenvalue weighted by molar-refractivity contribution is 5.50. The molecule has 0 aromatic heterocycles. The summed E-state index contributed by atoms with van der Waals surface area (Å²) in [5.74, 6) is 0. The molecule has 102 valence electrons. The standard InChI is InChI=1S/C15H26N2O/c1-13(2)17(11-12-18-4)10-9-16-15-8-6-5-7-14(15)3/h5-8,13,16H,9-12H2,1-4H3. The van der Waals surface area contributed by atoms with Crippen LogP contribution in [0, 0.1) is 6.92 Å². The van der Waals surface area contributed by atoms with E-state index in [0.29, 0.717) is 6.04 Å². The Balaban J connectivity index is 2.36. The van der Waals surface area contributed by atoms with Crippen LogP contribution in [0.15, 0.2) is 24.3 Å². The predicted octanol–water partition coefficient (Wildman–Crippen LogP) is 2.76. The van der Waals surface area contributed by atoms with Gasteiger partial charge in [0.15, 0.2) is 0 Å². The quantitative estimate of drug-likeness (QED) is 0.768. The normalized spacial score (nSPS) is 11.2. The zero-order chi connectivity index (χ0) is 13.4. The molecule has 0 saturated carbocycles. The number of para-hydroxylation sites is 1. The number of benzene rings is 1. The molecule has 0 heterocycles. The molecular formula is C15H26N2O. The second-order valence-electron chi connectivity index (χ2n) is 4.86. The summed E-state index contributed by atoms with van der Waals surface area (Å²) in [6.45, 7) is 10.4. The molecule has 0 saturated heterocycles. The third kappa shape index (κ3) is 5.07. The first-order valence-electron chi connectivity index (χ1n) is 6.67. The zero-order valence-corrected chi connectivity index (χ0v) is 12.1. The van der Waals surface area contributed by atoms with Crippen LogP contribution in [0.4, 0.5) is 5.69 Å². The van der Waals surface area contributed by atoms with E-state index < -0.39 is 0 Å². The molecule has 0 fully saturated rings. The van der Waals surface area contributed by atoms with Crippen LogP contribution < -0.4 is 5.32 Å². The van der Waals surface area contributed by atoms with Crippen molar-refractivity contribution < 1.29 is 4.74 Å². The SMILES string of the molecule is COCCN(CCNc1ccccc1C)C(C)C. The molecule has 3 nitrogen and oxygen atoms in total. The molecule has 0 amide bonds. The lowest BCUT2D eigenvalue weighted by Crippen LogP contribution is -2.37. The topological polar surface area (TPSA) is 24.5 Å². The van der Waals surface area contributed by atoms with Gasteiger partial charge < -0.3 is 10.1 Å². The summed E-state index contributed by atoms with van der Waals surface area (Å²) >= 11 is 0. The monoisotopic (exact) mass is 250 g/mol. The fraction of sp³-hybridized carbons (Fsp3) is 0.600. The molecule has 0 atom stereocenters. The number of nitrogens with one attached hydrogen (secondary N) is 1. The Morgan fingerprint density at radius 1 is 1.22 bits per heavy atom. The van der Waals surface area contributed by atoms with Crippen LogP contribution in [0.2, 0.25) is 0 Å². The van der Waals surface area contributed by atoms with Crippen molar-refractivity contribution in [3.8, 4) is 0 Å². The van der Waals surface area contributed by atoms with Gasteiger partial charge in [-0.2, -0.15) is 0 Å². The molecular weight excluding hydrogens is 224 g/mol. The minimum absolute atomic E-state index is 0.554. The van der Waals surface area contributed by atoms with Gasteiger partial charge in [-0.25, -0.2) is 0 Å². The summed E-state index contributed by atoms with van der Waals surface area (Å²) in [5, 5.41) is 3.49. The lowest BCUT2D eigenvalue weighted by atomic mass is 10.2. The summed E-state index contributed by atoms with van der Waals surface area (Å²) in [5.41, 5.74) is 2.53. The number of ether oxygens (including phenoxy) is 1. The summed E-state index contributed by atoms with van der Waals surface area (Å²) in [6.07, 6.45) is 0. The van der Waals surface area contributed by atoms with Crippen LogP contribution in [0.5, 0.6) is 0 Å². The molecule has 0 bridgehead atoms. The van der Waals surface area contributed by atoms with Crippen LogP contribution in [0.1, 0.15) is 19.4 Å². The highest BCUT2D eigenvalue weighted by atomic mass is 16.5. The van der Waals surface area contributed by atoms with Gasteiger partial charge >= 0.3 is 0 Å². The van der Waals surface area contributed by atoms with Crippen molar-refractivity contribution in [2.75, 3.05) is 38.7 Å². The first-order valence-corrected chi connectivity index (χ1v) is 6.67. The minimum Gasteiger partial charge on any atom is -0.384 e. The Kier molecular flexibility index (Phi) is 6.76. The van der Waals surface area contributed by atoms with E-state index in [1.165, 1.54) is 11.3 Å². The Morgan fingerprint density at radius 2 is 1.94 bits per heavy atom. The van der Waals surface area contributed by atoms with Gasteiger partial charge in [-0.1, -0.05) is 18.2 Å². The molecule has 0 aliphatic carbocycles. The molecule has 1 N–H and O–H groups in total. The summed E-state index contributed by atoms with van der Waals surface area (Å²) < 4.78 is 5.14. The Labute approximate surface area is 111 Å². The Hall–Kier alpha value is -1.06. The average Bonchev–Trinajstić information content (AvgIpc) is 2.35. The number of aryl methyl sites for hydroxylation is 1. The third-order valence-corrected chi connectivity index (χ3v) is 3.17. The maximum Gasteiger partial charge on any atom is 0.0589 e. The van der Waals surface area contributed by atoms with Gasteiger partial charge in [0, 0.05) is 38.5 Å². The second-order valence-corrected chi connectivity index (χ2v) is 4.86. The molecule has 0 aliphatic heterocycles. The number of hydrogen-bond donors (Lipinski definition) is 1. The predicted molar refractivity (Wildman–Crippen MR) is 78.3 cm³/mol. The van der Waals surface area contributed by atoms with Crippen molar-refractivity contribution in [1.82, 2.24) is 4.90 Å². The van der Waals surface area contributed by atoms with Crippen molar-refractivity contribution in [2.24, 2.45) is 0 Å². The van der Waals surface area contributed by atoms with E-state index in [0.717, 1.165) is 26.2 Å². The number of nitrogens with zero attached hydrogens (tertiary/aromatic N) is 1. The molecule has 1 aromatic rings. The zero-order valence-electron chi connectivity index (χ0n) is 12.1. The van der Waals surface area contributed by atoms with E-state index >= 15 is 0 Å². The first-order chi connectivity index (χ1) is 8.65. The summed E-state index contributed by atoms with van der Waals surface area (Å²) in [4.78, 5) is 2.43. The molecule has 18 heavy (non-hydrogen) atoms. The maximum atomic E-state index is 5.14. The molecule has 0 spiro atoms. The van der Waals surface area contributed by atoms with Crippen molar-refractivity contribution in [3.05, 3.63) is 29.8 Å². The number of rotatable bonds is 8. The smallest absolute Gasteiger partial charge is 0.0589 e. The van der Waals surface area contributed by atoms with E-state index in [9.17, 15) is 0 Å². The largest absolute Gasteiger partial charge is 0.384 e. The number of methoxy groups -OCH3 is 1. The average molecular weight is 250 g/mol. The second kappa shape index (κ2) is 8.11. The van der Waals surface area contributed by atoms with Gasteiger partial charge in [0.1, 0.15) is 0 Å². The molecule has 0 aliphatic rings. The van der Waals surface area contributed by atoms with Gasteiger partial charge in [0.05, 0.1) is 6.61 Å². The van der Waals surface area contributed by atoms with E-state index in [4.69, 9.17) is 4.74 Å². The number of hydrogen-bond acceptors (Lipinski definition) is 3. The molecule has 1 aromatic carbocycles. The van der Waals surface area contributed by atoms with Gasteiger partial charge in [-0.05, 0) is 32.4 Å². The van der Waals surface area contributed by atoms with Crippen molar-refractivity contribution in [3.63, 3.8) is 0 Å². The van der Waals surface area contributed by atoms with Crippen molar-refractivity contribution in [2.45, 2.75) is 26.8 Å². The van der Waals surface area contributed by atoms with Crippen LogP contribution in [-0.2, 0) is 4.74 Å². The van der Waals surface area contributed by atoms with Crippen molar-refractivity contribution in [1.29, 1.82) is 0 Å². The molecule has 0 radical (unpaired) electrons. The van der Waals surface area contributed by atoms with Crippen molar-refractivity contribution >= 4 is 5.69 Å². The minimum atomic E-state index is 0.554. The van der Waals surface area contributed by atoms with Crippen LogP contribution in [0.25, 0.3) is 0 Å². The first kappa shape index (κ1) is 15.0. The lowest BCUT2D eigenvalue weighted by molar-refractivity contribution is 0.132. The maximum absolute atomic E-state index is 5.14. The fourth-order valence-electron chi connectivity index (χ4n) is 1.94. The summed E-state index contributed by atoms with van der Waals surface area (Å²) in [6, 6.07) is 8.95. The van der Waals surface area contributed by atoms with E-state index in [1.807, 2.05) is 0 Å². The third-order valence-electron chi connectivity index (χ3n) is 3.17. The Morgan fingerprint density at radius 3 is 2.56 bits per heavy atom. The molecule has 1 rings (SSSR count).